The Kier molecular flexibility index (Phi) is 5.14. The average molecular weight is 311 g/mol. The van der Waals surface area contributed by atoms with Gasteiger partial charge in [-0.3, -0.25) is 4.31 Å². The summed E-state index contributed by atoms with van der Waals surface area (Å²) >= 11 is 0. The highest BCUT2D eigenvalue weighted by Crippen LogP contribution is 2.30. The summed E-state index contributed by atoms with van der Waals surface area (Å²) in [5, 5.41) is 9.65. The van der Waals surface area contributed by atoms with Crippen LogP contribution in [0.2, 0.25) is 0 Å². The second-order valence-electron chi connectivity index (χ2n) is 5.92. The van der Waals surface area contributed by atoms with E-state index in [0.717, 1.165) is 31.2 Å². The number of nitrogens with zero attached hydrogens (tertiary/aromatic N) is 1. The van der Waals surface area contributed by atoms with Crippen molar-refractivity contribution in [3.8, 4) is 5.75 Å². The Labute approximate surface area is 127 Å². The van der Waals surface area contributed by atoms with Gasteiger partial charge in [-0.1, -0.05) is 25.3 Å². The number of benzene rings is 1. The van der Waals surface area contributed by atoms with E-state index in [4.69, 9.17) is 0 Å². The van der Waals surface area contributed by atoms with E-state index in [1.807, 2.05) is 13.8 Å². The van der Waals surface area contributed by atoms with E-state index in [1.165, 1.54) is 16.8 Å². The van der Waals surface area contributed by atoms with E-state index in [-0.39, 0.29) is 17.4 Å². The molecule has 2 rings (SSSR count). The van der Waals surface area contributed by atoms with Crippen molar-refractivity contribution in [1.82, 2.24) is 0 Å². The van der Waals surface area contributed by atoms with Crippen molar-refractivity contribution < 1.29 is 13.5 Å². The zero-order valence-electron chi connectivity index (χ0n) is 12.9. The van der Waals surface area contributed by atoms with Crippen LogP contribution in [-0.2, 0) is 10.0 Å². The fourth-order valence-electron chi connectivity index (χ4n) is 3.12. The highest BCUT2D eigenvalue weighted by molar-refractivity contribution is 7.92. The van der Waals surface area contributed by atoms with Gasteiger partial charge in [0, 0.05) is 12.6 Å². The maximum atomic E-state index is 12.7. The average Bonchev–Trinajstić information content (AvgIpc) is 2.43. The second-order valence-corrected chi connectivity index (χ2v) is 7.86. The number of hydrogen-bond acceptors (Lipinski definition) is 3. The molecule has 0 saturated heterocycles. The van der Waals surface area contributed by atoms with Crippen LogP contribution in [0.25, 0.3) is 0 Å². The lowest BCUT2D eigenvalue weighted by Crippen LogP contribution is -2.36. The Balaban J connectivity index is 2.24. The van der Waals surface area contributed by atoms with Crippen LogP contribution in [0.5, 0.6) is 5.75 Å². The molecular weight excluding hydrogens is 286 g/mol. The summed E-state index contributed by atoms with van der Waals surface area (Å²) in [5.74, 6) is 0.591. The standard InChI is InChI=1S/C16H25NO3S/c1-3-17(16-11-15(18)10-9-13(16)2)21(19,20)12-14-7-5-4-6-8-14/h9-11,14,18H,3-8,12H2,1-2H3. The molecule has 5 heteroatoms. The molecule has 1 N–H and O–H groups in total. The predicted octanol–water partition coefficient (Wildman–Crippen LogP) is 3.44. The van der Waals surface area contributed by atoms with Crippen LogP contribution in [0, 0.1) is 12.8 Å². The number of phenols is 1. The maximum absolute atomic E-state index is 12.7. The fraction of sp³-hybridized carbons (Fsp3) is 0.625. The van der Waals surface area contributed by atoms with Crippen molar-refractivity contribution in [1.29, 1.82) is 0 Å². The van der Waals surface area contributed by atoms with E-state index in [2.05, 4.69) is 0 Å². The van der Waals surface area contributed by atoms with Gasteiger partial charge in [-0.2, -0.15) is 0 Å². The topological polar surface area (TPSA) is 57.6 Å². The first-order chi connectivity index (χ1) is 9.94. The second kappa shape index (κ2) is 6.69. The Morgan fingerprint density at radius 3 is 2.52 bits per heavy atom. The van der Waals surface area contributed by atoms with Gasteiger partial charge in [0.25, 0.3) is 0 Å². The summed E-state index contributed by atoms with van der Waals surface area (Å²) in [6.07, 6.45) is 5.51. The van der Waals surface area contributed by atoms with E-state index < -0.39 is 10.0 Å². The van der Waals surface area contributed by atoms with Crippen molar-refractivity contribution in [2.24, 2.45) is 5.92 Å². The summed E-state index contributed by atoms with van der Waals surface area (Å²) in [7, 11) is -3.34. The molecule has 1 aliphatic carbocycles. The van der Waals surface area contributed by atoms with Gasteiger partial charge in [0.2, 0.25) is 10.0 Å². The van der Waals surface area contributed by atoms with Crippen molar-refractivity contribution in [3.63, 3.8) is 0 Å². The van der Waals surface area contributed by atoms with Crippen LogP contribution in [0.15, 0.2) is 18.2 Å². The molecule has 4 nitrogen and oxygen atoms in total. The Hall–Kier alpha value is -1.23. The first-order valence-electron chi connectivity index (χ1n) is 7.74. The maximum Gasteiger partial charge on any atom is 0.235 e. The minimum atomic E-state index is -3.34. The first-order valence-corrected chi connectivity index (χ1v) is 9.35. The zero-order valence-corrected chi connectivity index (χ0v) is 13.7. The normalized spacial score (nSPS) is 16.9. The number of aromatic hydroxyl groups is 1. The molecule has 0 radical (unpaired) electrons. The largest absolute Gasteiger partial charge is 0.508 e. The van der Waals surface area contributed by atoms with Gasteiger partial charge < -0.3 is 5.11 Å². The van der Waals surface area contributed by atoms with Crippen molar-refractivity contribution in [2.45, 2.75) is 46.0 Å². The molecule has 0 spiro atoms. The SMILES string of the molecule is CCN(c1cc(O)ccc1C)S(=O)(=O)CC1CCCCC1. The molecule has 0 unspecified atom stereocenters. The highest BCUT2D eigenvalue weighted by atomic mass is 32.2. The van der Waals surface area contributed by atoms with Gasteiger partial charge in [0.15, 0.2) is 0 Å². The highest BCUT2D eigenvalue weighted by Gasteiger charge is 2.27. The van der Waals surface area contributed by atoms with Crippen LogP contribution < -0.4 is 4.31 Å². The van der Waals surface area contributed by atoms with Crippen molar-refractivity contribution in [2.75, 3.05) is 16.6 Å². The minimum absolute atomic E-state index is 0.0990. The summed E-state index contributed by atoms with van der Waals surface area (Å²) in [5.41, 5.74) is 1.45. The van der Waals surface area contributed by atoms with Crippen LogP contribution in [-0.4, -0.2) is 25.8 Å². The van der Waals surface area contributed by atoms with E-state index >= 15 is 0 Å². The molecule has 1 fully saturated rings. The Morgan fingerprint density at radius 1 is 1.24 bits per heavy atom. The molecule has 0 heterocycles. The molecule has 0 aliphatic heterocycles. The number of rotatable bonds is 5. The molecule has 1 aromatic carbocycles. The quantitative estimate of drug-likeness (QED) is 0.906. The third-order valence-electron chi connectivity index (χ3n) is 4.26. The summed E-state index contributed by atoms with van der Waals surface area (Å²) < 4.78 is 26.9. The van der Waals surface area contributed by atoms with Crippen LogP contribution in [0.4, 0.5) is 5.69 Å². The molecule has 1 saturated carbocycles. The lowest BCUT2D eigenvalue weighted by atomic mass is 9.91. The van der Waals surface area contributed by atoms with E-state index in [0.29, 0.717) is 12.2 Å². The molecular formula is C16H25NO3S. The minimum Gasteiger partial charge on any atom is -0.508 e. The monoisotopic (exact) mass is 311 g/mol. The number of aryl methyl sites for hydroxylation is 1. The molecule has 1 aromatic rings. The third kappa shape index (κ3) is 3.90. The van der Waals surface area contributed by atoms with Crippen LogP contribution in [0.1, 0.15) is 44.6 Å². The van der Waals surface area contributed by atoms with Crippen LogP contribution in [0.3, 0.4) is 0 Å². The Bertz CT molecular complexity index is 577. The number of hydrogen-bond donors (Lipinski definition) is 1. The number of phenolic OH excluding ortho intramolecular Hbond substituents is 1. The van der Waals surface area contributed by atoms with E-state index in [9.17, 15) is 13.5 Å². The first kappa shape index (κ1) is 16.1. The van der Waals surface area contributed by atoms with E-state index in [1.54, 1.807) is 12.1 Å². The molecule has 0 atom stereocenters. The van der Waals surface area contributed by atoms with Gasteiger partial charge in [-0.05, 0) is 44.2 Å². The van der Waals surface area contributed by atoms with Crippen molar-refractivity contribution >= 4 is 15.7 Å². The molecule has 21 heavy (non-hydrogen) atoms. The van der Waals surface area contributed by atoms with Gasteiger partial charge >= 0.3 is 0 Å². The molecule has 0 amide bonds. The smallest absolute Gasteiger partial charge is 0.235 e. The number of sulfonamides is 1. The summed E-state index contributed by atoms with van der Waals surface area (Å²) in [6, 6.07) is 4.88. The molecule has 0 aromatic heterocycles. The summed E-state index contributed by atoms with van der Waals surface area (Å²) in [6.45, 7) is 4.09. The Morgan fingerprint density at radius 2 is 1.90 bits per heavy atom. The van der Waals surface area contributed by atoms with Gasteiger partial charge in [0.05, 0.1) is 11.4 Å². The summed E-state index contributed by atoms with van der Waals surface area (Å²) in [4.78, 5) is 0. The zero-order chi connectivity index (χ0) is 15.5. The van der Waals surface area contributed by atoms with Gasteiger partial charge in [0.1, 0.15) is 5.75 Å². The predicted molar refractivity (Wildman–Crippen MR) is 86.2 cm³/mol. The lowest BCUT2D eigenvalue weighted by Gasteiger charge is -2.28. The van der Waals surface area contributed by atoms with Crippen LogP contribution >= 0.6 is 0 Å². The van der Waals surface area contributed by atoms with Crippen molar-refractivity contribution in [3.05, 3.63) is 23.8 Å². The molecule has 0 bridgehead atoms. The lowest BCUT2D eigenvalue weighted by molar-refractivity contribution is 0.384. The number of anilines is 1. The van der Waals surface area contributed by atoms with Gasteiger partial charge in [-0.15, -0.1) is 0 Å². The molecule has 118 valence electrons. The van der Waals surface area contributed by atoms with Gasteiger partial charge in [-0.25, -0.2) is 8.42 Å². The fourth-order valence-corrected chi connectivity index (χ4v) is 5.12. The third-order valence-corrected chi connectivity index (χ3v) is 6.27. The molecule has 1 aliphatic rings.